The summed E-state index contributed by atoms with van der Waals surface area (Å²) in [5.74, 6) is -1.60. The van der Waals surface area contributed by atoms with Gasteiger partial charge in [0.1, 0.15) is 5.82 Å². The van der Waals surface area contributed by atoms with Gasteiger partial charge in [0.25, 0.3) is 5.91 Å². The van der Waals surface area contributed by atoms with Crippen LogP contribution in [0.1, 0.15) is 15.9 Å². The van der Waals surface area contributed by atoms with E-state index in [0.29, 0.717) is 13.0 Å². The molecular weight excluding hydrogens is 261 g/mol. The van der Waals surface area contributed by atoms with E-state index in [1.54, 1.807) is 12.1 Å². The molecule has 0 aliphatic heterocycles. The van der Waals surface area contributed by atoms with Crippen LogP contribution in [0.5, 0.6) is 11.5 Å². The highest BCUT2D eigenvalue weighted by Gasteiger charge is 2.13. The van der Waals surface area contributed by atoms with Gasteiger partial charge < -0.3 is 15.5 Å². The number of benzene rings is 2. The third-order valence-corrected chi connectivity index (χ3v) is 2.85. The molecule has 0 atom stereocenters. The number of aromatic hydroxyl groups is 2. The van der Waals surface area contributed by atoms with Crippen LogP contribution in [0.15, 0.2) is 42.5 Å². The van der Waals surface area contributed by atoms with Crippen LogP contribution in [-0.2, 0) is 6.42 Å². The van der Waals surface area contributed by atoms with Crippen molar-refractivity contribution in [1.29, 1.82) is 0 Å². The molecule has 5 heteroatoms. The van der Waals surface area contributed by atoms with E-state index in [-0.39, 0.29) is 17.1 Å². The highest BCUT2D eigenvalue weighted by molar-refractivity contribution is 5.97. The first-order valence-electron chi connectivity index (χ1n) is 6.11. The first kappa shape index (κ1) is 13.9. The number of rotatable bonds is 4. The van der Waals surface area contributed by atoms with E-state index in [0.717, 1.165) is 5.56 Å². The highest BCUT2D eigenvalue weighted by atomic mass is 19.1. The standard InChI is InChI=1S/C15H14FNO3/c16-11-4-1-3-10(9-11)7-8-17-15(20)12-5-2-6-13(18)14(12)19/h1-6,9,18-19H,7-8H2,(H,17,20). The molecule has 0 spiro atoms. The van der Waals surface area contributed by atoms with Crippen molar-refractivity contribution in [2.75, 3.05) is 6.54 Å². The van der Waals surface area contributed by atoms with Crippen molar-refractivity contribution in [3.05, 3.63) is 59.4 Å². The zero-order valence-corrected chi connectivity index (χ0v) is 10.6. The van der Waals surface area contributed by atoms with Gasteiger partial charge in [0.15, 0.2) is 11.5 Å². The lowest BCUT2D eigenvalue weighted by Gasteiger charge is -2.07. The van der Waals surface area contributed by atoms with E-state index in [1.165, 1.54) is 30.3 Å². The second-order valence-electron chi connectivity index (χ2n) is 4.31. The Labute approximate surface area is 115 Å². The summed E-state index contributed by atoms with van der Waals surface area (Å²) in [5, 5.41) is 21.5. The fraction of sp³-hybridized carbons (Fsp3) is 0.133. The first-order valence-corrected chi connectivity index (χ1v) is 6.11. The summed E-state index contributed by atoms with van der Waals surface area (Å²) in [7, 11) is 0. The van der Waals surface area contributed by atoms with E-state index in [2.05, 4.69) is 5.32 Å². The number of phenolic OH excluding ortho intramolecular Hbond substituents is 2. The number of nitrogens with one attached hydrogen (secondary N) is 1. The number of hydrogen-bond donors (Lipinski definition) is 3. The molecule has 0 radical (unpaired) electrons. The maximum atomic E-state index is 13.0. The Balaban J connectivity index is 1.94. The fourth-order valence-electron chi connectivity index (χ4n) is 1.82. The number of carbonyl (C=O) groups is 1. The van der Waals surface area contributed by atoms with E-state index >= 15 is 0 Å². The third-order valence-electron chi connectivity index (χ3n) is 2.85. The molecule has 0 unspecified atom stereocenters. The second kappa shape index (κ2) is 6.06. The Morgan fingerprint density at radius 3 is 2.65 bits per heavy atom. The van der Waals surface area contributed by atoms with Gasteiger partial charge in [-0.2, -0.15) is 0 Å². The predicted octanol–water partition coefficient (Wildman–Crippen LogP) is 2.21. The SMILES string of the molecule is O=C(NCCc1cccc(F)c1)c1cccc(O)c1O. The van der Waals surface area contributed by atoms with Gasteiger partial charge in [-0.1, -0.05) is 18.2 Å². The quantitative estimate of drug-likeness (QED) is 0.749. The van der Waals surface area contributed by atoms with Crippen molar-refractivity contribution in [2.24, 2.45) is 0 Å². The predicted molar refractivity (Wildman–Crippen MR) is 72.2 cm³/mol. The van der Waals surface area contributed by atoms with E-state index in [9.17, 15) is 19.4 Å². The lowest BCUT2D eigenvalue weighted by molar-refractivity contribution is 0.0951. The van der Waals surface area contributed by atoms with E-state index in [4.69, 9.17) is 0 Å². The third kappa shape index (κ3) is 3.26. The summed E-state index contributed by atoms with van der Waals surface area (Å²) < 4.78 is 13.0. The maximum absolute atomic E-state index is 13.0. The van der Waals surface area contributed by atoms with Crippen LogP contribution < -0.4 is 5.32 Å². The van der Waals surface area contributed by atoms with E-state index in [1.807, 2.05) is 0 Å². The van der Waals surface area contributed by atoms with E-state index < -0.39 is 11.7 Å². The van der Waals surface area contributed by atoms with Gasteiger partial charge in [0.05, 0.1) is 5.56 Å². The number of para-hydroxylation sites is 1. The Hall–Kier alpha value is -2.56. The highest BCUT2D eigenvalue weighted by Crippen LogP contribution is 2.27. The number of amides is 1. The van der Waals surface area contributed by atoms with Gasteiger partial charge in [-0.15, -0.1) is 0 Å². The minimum atomic E-state index is -0.491. The molecule has 0 saturated carbocycles. The van der Waals surface area contributed by atoms with Gasteiger partial charge in [-0.3, -0.25) is 4.79 Å². The Morgan fingerprint density at radius 2 is 1.90 bits per heavy atom. The van der Waals surface area contributed by atoms with Crippen LogP contribution in [0.4, 0.5) is 4.39 Å². The van der Waals surface area contributed by atoms with Gasteiger partial charge in [0, 0.05) is 6.54 Å². The Bertz CT molecular complexity index is 628. The molecule has 0 aromatic heterocycles. The van der Waals surface area contributed by atoms with Crippen LogP contribution in [-0.4, -0.2) is 22.7 Å². The van der Waals surface area contributed by atoms with Crippen LogP contribution in [0.3, 0.4) is 0 Å². The van der Waals surface area contributed by atoms with Crippen molar-refractivity contribution in [1.82, 2.24) is 5.32 Å². The van der Waals surface area contributed by atoms with Crippen molar-refractivity contribution >= 4 is 5.91 Å². The minimum absolute atomic E-state index is 0.00393. The topological polar surface area (TPSA) is 69.6 Å². The smallest absolute Gasteiger partial charge is 0.255 e. The molecule has 2 aromatic carbocycles. The fourth-order valence-corrected chi connectivity index (χ4v) is 1.82. The van der Waals surface area contributed by atoms with Gasteiger partial charge in [-0.05, 0) is 36.2 Å². The molecule has 0 bridgehead atoms. The molecule has 0 aliphatic carbocycles. The Kier molecular flexibility index (Phi) is 4.20. The summed E-state index contributed by atoms with van der Waals surface area (Å²) in [6.07, 6.45) is 0.475. The second-order valence-corrected chi connectivity index (χ2v) is 4.31. The lowest BCUT2D eigenvalue weighted by Crippen LogP contribution is -2.25. The average Bonchev–Trinajstić information content (AvgIpc) is 2.42. The molecule has 104 valence electrons. The molecule has 0 heterocycles. The van der Waals surface area contributed by atoms with Crippen LogP contribution >= 0.6 is 0 Å². The molecule has 3 N–H and O–H groups in total. The molecule has 0 saturated heterocycles. The molecule has 20 heavy (non-hydrogen) atoms. The minimum Gasteiger partial charge on any atom is -0.504 e. The summed E-state index contributed by atoms with van der Waals surface area (Å²) in [6.45, 7) is 0.303. The normalized spacial score (nSPS) is 10.2. The summed E-state index contributed by atoms with van der Waals surface area (Å²) in [4.78, 5) is 11.8. The van der Waals surface area contributed by atoms with Crippen LogP contribution in [0.2, 0.25) is 0 Å². The molecular formula is C15H14FNO3. The molecule has 1 amide bonds. The number of halogens is 1. The Morgan fingerprint density at radius 1 is 1.15 bits per heavy atom. The van der Waals surface area contributed by atoms with Crippen molar-refractivity contribution in [2.45, 2.75) is 6.42 Å². The lowest BCUT2D eigenvalue weighted by atomic mass is 10.1. The van der Waals surface area contributed by atoms with Gasteiger partial charge in [-0.25, -0.2) is 4.39 Å². The van der Waals surface area contributed by atoms with Crippen molar-refractivity contribution in [3.63, 3.8) is 0 Å². The molecule has 2 aromatic rings. The van der Waals surface area contributed by atoms with Crippen LogP contribution in [0, 0.1) is 5.82 Å². The molecule has 2 rings (SSSR count). The summed E-state index contributed by atoms with van der Waals surface area (Å²) >= 11 is 0. The van der Waals surface area contributed by atoms with Gasteiger partial charge >= 0.3 is 0 Å². The molecule has 0 aliphatic rings. The largest absolute Gasteiger partial charge is 0.504 e. The molecule has 0 fully saturated rings. The summed E-state index contributed by atoms with van der Waals surface area (Å²) in [6, 6.07) is 10.3. The van der Waals surface area contributed by atoms with Crippen molar-refractivity contribution < 1.29 is 19.4 Å². The number of hydrogen-bond acceptors (Lipinski definition) is 3. The number of phenols is 2. The average molecular weight is 275 g/mol. The maximum Gasteiger partial charge on any atom is 0.255 e. The zero-order valence-electron chi connectivity index (χ0n) is 10.6. The molecule has 4 nitrogen and oxygen atoms in total. The monoisotopic (exact) mass is 275 g/mol. The van der Waals surface area contributed by atoms with Gasteiger partial charge in [0.2, 0.25) is 0 Å². The summed E-state index contributed by atoms with van der Waals surface area (Å²) in [5.41, 5.74) is 0.773. The van der Waals surface area contributed by atoms with Crippen LogP contribution in [0.25, 0.3) is 0 Å². The zero-order chi connectivity index (χ0) is 14.5. The number of carbonyl (C=O) groups excluding carboxylic acids is 1. The van der Waals surface area contributed by atoms with Crippen molar-refractivity contribution in [3.8, 4) is 11.5 Å². The first-order chi connectivity index (χ1) is 9.58.